The predicted molar refractivity (Wildman–Crippen MR) is 162 cm³/mol. The highest BCUT2D eigenvalue weighted by Crippen LogP contribution is 2.33. The van der Waals surface area contributed by atoms with Gasteiger partial charge in [0.2, 0.25) is 0 Å². The van der Waals surface area contributed by atoms with Crippen LogP contribution in [0.3, 0.4) is 0 Å². The van der Waals surface area contributed by atoms with E-state index < -0.39 is 6.09 Å². The van der Waals surface area contributed by atoms with Crippen molar-refractivity contribution in [2.45, 2.75) is 123 Å². The van der Waals surface area contributed by atoms with Gasteiger partial charge in [0, 0.05) is 11.0 Å². The van der Waals surface area contributed by atoms with Crippen LogP contribution < -0.4 is 5.32 Å². The van der Waals surface area contributed by atoms with E-state index in [0.29, 0.717) is 28.8 Å². The summed E-state index contributed by atoms with van der Waals surface area (Å²) in [6.07, 6.45) is 17.7. The number of aromatic nitrogens is 4. The zero-order chi connectivity index (χ0) is 28.1. The normalized spacial score (nSPS) is 11.8. The first kappa shape index (κ1) is 31.0. The number of hydrogen-bond donors (Lipinski definition) is 2. The van der Waals surface area contributed by atoms with Crippen LogP contribution in [0, 0.1) is 0 Å². The molecule has 0 radical (unpaired) electrons. The van der Waals surface area contributed by atoms with Gasteiger partial charge < -0.3 is 9.72 Å². The minimum absolute atomic E-state index is 0.193. The molecule has 3 aromatic rings. The van der Waals surface area contributed by atoms with E-state index in [1.165, 1.54) is 81.7 Å². The minimum atomic E-state index is -0.457. The Morgan fingerprint density at radius 2 is 1.46 bits per heavy atom. The summed E-state index contributed by atoms with van der Waals surface area (Å²) in [5.41, 5.74) is 2.58. The molecule has 0 aliphatic carbocycles. The van der Waals surface area contributed by atoms with Crippen LogP contribution in [0.5, 0.6) is 0 Å². The van der Waals surface area contributed by atoms with Gasteiger partial charge in [0.25, 0.3) is 0 Å². The van der Waals surface area contributed by atoms with Crippen molar-refractivity contribution < 1.29 is 9.53 Å². The van der Waals surface area contributed by atoms with Gasteiger partial charge in [0.1, 0.15) is 5.02 Å². The molecule has 216 valence electrons. The van der Waals surface area contributed by atoms with Crippen LogP contribution >= 0.6 is 11.6 Å². The Balaban J connectivity index is 1.33. The van der Waals surface area contributed by atoms with Gasteiger partial charge in [-0.2, -0.15) is 5.10 Å². The molecule has 0 saturated heterocycles. The lowest BCUT2D eigenvalue weighted by Crippen LogP contribution is -2.15. The summed E-state index contributed by atoms with van der Waals surface area (Å²) in [6.45, 7) is 8.87. The Morgan fingerprint density at radius 1 is 0.897 bits per heavy atom. The Morgan fingerprint density at radius 3 is 2.03 bits per heavy atom. The third kappa shape index (κ3) is 9.86. The van der Waals surface area contributed by atoms with Crippen molar-refractivity contribution in [3.05, 3.63) is 35.0 Å². The molecule has 3 rings (SSSR count). The van der Waals surface area contributed by atoms with E-state index >= 15 is 0 Å². The second-order valence-electron chi connectivity index (χ2n) is 11.6. The average molecular weight is 558 g/mol. The molecule has 39 heavy (non-hydrogen) atoms. The first-order chi connectivity index (χ1) is 18.8. The summed E-state index contributed by atoms with van der Waals surface area (Å²) >= 11 is 6.58. The second kappa shape index (κ2) is 15.9. The molecule has 2 aromatic heterocycles. The molecule has 0 aliphatic heterocycles. The fourth-order valence-corrected chi connectivity index (χ4v) is 5.25. The number of H-pyrrole nitrogens is 1. The largest absolute Gasteiger partial charge is 0.449 e. The monoisotopic (exact) mass is 557 g/mol. The Bertz CT molecular complexity index is 1150. The van der Waals surface area contributed by atoms with Crippen molar-refractivity contribution in [2.24, 2.45) is 0 Å². The zero-order valence-corrected chi connectivity index (χ0v) is 25.2. The lowest BCUT2D eigenvalue weighted by atomic mass is 9.92. The molecule has 2 N–H and O–H groups in total. The highest BCUT2D eigenvalue weighted by atomic mass is 35.5. The molecule has 7 nitrogen and oxygen atoms in total. The quantitative estimate of drug-likeness (QED) is 0.162. The zero-order valence-electron chi connectivity index (χ0n) is 24.5. The van der Waals surface area contributed by atoms with E-state index in [1.54, 1.807) is 0 Å². The maximum Gasteiger partial charge on any atom is 0.411 e. The summed E-state index contributed by atoms with van der Waals surface area (Å²) in [7, 11) is 0. The Labute approximate surface area is 239 Å². The number of benzene rings is 1. The van der Waals surface area contributed by atoms with Gasteiger partial charge in [0.15, 0.2) is 11.5 Å². The maximum atomic E-state index is 12.5. The molecular formula is C31H48ClN5O2. The number of aromatic amines is 1. The minimum Gasteiger partial charge on any atom is -0.449 e. The predicted octanol–water partition coefficient (Wildman–Crippen LogP) is 9.71. The van der Waals surface area contributed by atoms with E-state index in [1.807, 2.05) is 24.3 Å². The number of amides is 1. The van der Waals surface area contributed by atoms with Gasteiger partial charge >= 0.3 is 6.09 Å². The van der Waals surface area contributed by atoms with Crippen molar-refractivity contribution in [3.8, 4) is 11.4 Å². The fourth-order valence-electron chi connectivity index (χ4n) is 4.80. The summed E-state index contributed by atoms with van der Waals surface area (Å²) in [4.78, 5) is 15.7. The molecule has 1 aromatic carbocycles. The van der Waals surface area contributed by atoms with Crippen LogP contribution in [-0.2, 0) is 10.2 Å². The van der Waals surface area contributed by atoms with Crippen LogP contribution in [-0.4, -0.2) is 32.5 Å². The average Bonchev–Trinajstić information content (AvgIpc) is 3.46. The standard InChI is InChI=1S/C31H48ClN5O2/c1-5-6-7-8-9-10-11-12-13-14-15-16-17-20-23-39-30(38)33-25-22-19-18-21-24(25)28-34-29-26(32)27(31(2,3)4)35-37(29)36-28/h18-19,21-22H,5-17,20,23H2,1-4H3,(H,33,38)(H,34,36). The van der Waals surface area contributed by atoms with Crippen molar-refractivity contribution >= 4 is 29.0 Å². The number of rotatable bonds is 17. The van der Waals surface area contributed by atoms with Gasteiger partial charge in [-0.05, 0) is 18.6 Å². The number of nitrogens with one attached hydrogen (secondary N) is 2. The first-order valence-corrected chi connectivity index (χ1v) is 15.4. The van der Waals surface area contributed by atoms with Gasteiger partial charge in [0.05, 0.1) is 18.0 Å². The number of unbranched alkanes of at least 4 members (excludes halogenated alkanes) is 13. The number of anilines is 1. The van der Waals surface area contributed by atoms with Crippen molar-refractivity contribution in [1.29, 1.82) is 0 Å². The third-order valence-electron chi connectivity index (χ3n) is 7.10. The SMILES string of the molecule is CCCCCCCCCCCCCCCCOC(=O)Nc1ccccc1-c1nn2nc(C(C)(C)C)c(Cl)c2[nH]1. The number of para-hydroxylation sites is 1. The molecule has 2 heterocycles. The smallest absolute Gasteiger partial charge is 0.411 e. The highest BCUT2D eigenvalue weighted by Gasteiger charge is 2.25. The number of carbonyl (C=O) groups excluding carboxylic acids is 1. The molecular weight excluding hydrogens is 510 g/mol. The van der Waals surface area contributed by atoms with E-state index in [9.17, 15) is 4.79 Å². The number of halogens is 1. The fraction of sp³-hybridized carbons (Fsp3) is 0.645. The number of fused-ring (bicyclic) bond motifs is 1. The van der Waals surface area contributed by atoms with Crippen molar-refractivity contribution in [3.63, 3.8) is 0 Å². The van der Waals surface area contributed by atoms with Gasteiger partial charge in [-0.1, -0.05) is 135 Å². The number of nitrogens with zero attached hydrogens (tertiary/aromatic N) is 3. The Kier molecular flexibility index (Phi) is 12.6. The van der Waals surface area contributed by atoms with Gasteiger partial charge in [-0.3, -0.25) is 5.32 Å². The molecule has 0 atom stereocenters. The maximum absolute atomic E-state index is 12.5. The summed E-state index contributed by atoms with van der Waals surface area (Å²) in [5.74, 6) is 0.572. The van der Waals surface area contributed by atoms with Gasteiger partial charge in [-0.25, -0.2) is 4.79 Å². The van der Waals surface area contributed by atoms with E-state index in [0.717, 1.165) is 24.1 Å². The van der Waals surface area contributed by atoms with Crippen molar-refractivity contribution in [1.82, 2.24) is 19.8 Å². The second-order valence-corrected chi connectivity index (χ2v) is 12.0. The first-order valence-electron chi connectivity index (χ1n) is 15.0. The molecule has 0 aliphatic rings. The topological polar surface area (TPSA) is 84.3 Å². The number of hydrogen-bond acceptors (Lipinski definition) is 4. The molecule has 1 amide bonds. The number of carbonyl (C=O) groups is 1. The lowest BCUT2D eigenvalue weighted by molar-refractivity contribution is 0.159. The summed E-state index contributed by atoms with van der Waals surface area (Å²) < 4.78 is 6.96. The highest BCUT2D eigenvalue weighted by molar-refractivity contribution is 6.34. The van der Waals surface area contributed by atoms with Crippen LogP contribution in [0.1, 0.15) is 123 Å². The van der Waals surface area contributed by atoms with E-state index in [2.05, 4.69) is 48.2 Å². The molecule has 0 unspecified atom stereocenters. The number of ether oxygens (including phenoxy) is 1. The van der Waals surface area contributed by atoms with Crippen molar-refractivity contribution in [2.75, 3.05) is 11.9 Å². The van der Waals surface area contributed by atoms with E-state index in [-0.39, 0.29) is 5.41 Å². The summed E-state index contributed by atoms with van der Waals surface area (Å²) in [5, 5.41) is 12.5. The van der Waals surface area contributed by atoms with E-state index in [4.69, 9.17) is 16.3 Å². The molecule has 0 saturated carbocycles. The third-order valence-corrected chi connectivity index (χ3v) is 7.46. The lowest BCUT2D eigenvalue weighted by Gasteiger charge is -2.14. The van der Waals surface area contributed by atoms with Crippen LogP contribution in [0.2, 0.25) is 5.02 Å². The molecule has 0 fully saturated rings. The van der Waals surface area contributed by atoms with Crippen LogP contribution in [0.4, 0.5) is 10.5 Å². The summed E-state index contributed by atoms with van der Waals surface area (Å²) in [6, 6.07) is 7.48. The van der Waals surface area contributed by atoms with Gasteiger partial charge in [-0.15, -0.1) is 9.73 Å². The molecule has 8 heteroatoms. The van der Waals surface area contributed by atoms with Crippen LogP contribution in [0.25, 0.3) is 17.0 Å². The molecule has 0 bridgehead atoms. The van der Waals surface area contributed by atoms with Crippen LogP contribution in [0.15, 0.2) is 24.3 Å². The molecule has 0 spiro atoms. The Hall–Kier alpha value is -2.54.